The van der Waals surface area contributed by atoms with E-state index in [0.717, 1.165) is 0 Å². The molecule has 0 saturated carbocycles. The lowest BCUT2D eigenvalue weighted by Crippen LogP contribution is -2.44. The number of amides is 2. The Kier molecular flexibility index (Phi) is 5.18. The summed E-state index contributed by atoms with van der Waals surface area (Å²) in [5, 5.41) is 4.99. The van der Waals surface area contributed by atoms with Gasteiger partial charge in [0.2, 0.25) is 0 Å². The second-order valence-electron chi connectivity index (χ2n) is 5.56. The highest BCUT2D eigenvalue weighted by molar-refractivity contribution is 7.12. The number of carbonyl (C=O) groups excluding carboxylic acids is 2. The molecule has 0 aliphatic carbocycles. The van der Waals surface area contributed by atoms with Crippen molar-refractivity contribution in [2.75, 3.05) is 25.0 Å². The maximum absolute atomic E-state index is 12.6. The average Bonchev–Trinajstić information content (AvgIpc) is 3.11. The first-order chi connectivity index (χ1) is 11.5. The Morgan fingerprint density at radius 2 is 2.21 bits per heavy atom. The fourth-order valence-electron chi connectivity index (χ4n) is 2.53. The molecule has 126 valence electrons. The molecule has 3 rings (SSSR count). The third-order valence-electron chi connectivity index (χ3n) is 3.73. The van der Waals surface area contributed by atoms with Gasteiger partial charge >= 0.3 is 0 Å². The van der Waals surface area contributed by atoms with Gasteiger partial charge in [0.25, 0.3) is 11.8 Å². The molecule has 1 aliphatic heterocycles. The molecule has 1 aliphatic rings. The summed E-state index contributed by atoms with van der Waals surface area (Å²) in [4.78, 5) is 27.2. The van der Waals surface area contributed by atoms with Crippen LogP contribution in [0.3, 0.4) is 0 Å². The van der Waals surface area contributed by atoms with Crippen LogP contribution in [0.1, 0.15) is 27.0 Å². The Morgan fingerprint density at radius 1 is 1.38 bits per heavy atom. The number of hydrogen-bond acceptors (Lipinski definition) is 4. The number of carbonyl (C=O) groups is 2. The van der Waals surface area contributed by atoms with Crippen LogP contribution in [-0.2, 0) is 4.74 Å². The Bertz CT molecular complexity index is 748. The average molecular weight is 365 g/mol. The lowest BCUT2D eigenvalue weighted by Gasteiger charge is -2.31. The van der Waals surface area contributed by atoms with Crippen molar-refractivity contribution in [3.8, 4) is 0 Å². The zero-order valence-electron chi connectivity index (χ0n) is 13.1. The predicted octanol–water partition coefficient (Wildman–Crippen LogP) is 3.51. The summed E-state index contributed by atoms with van der Waals surface area (Å²) in [6.07, 6.45) is 0.0213. The molecule has 1 fully saturated rings. The van der Waals surface area contributed by atoms with Gasteiger partial charge in [-0.15, -0.1) is 11.3 Å². The van der Waals surface area contributed by atoms with E-state index in [0.29, 0.717) is 40.8 Å². The van der Waals surface area contributed by atoms with Gasteiger partial charge in [-0.3, -0.25) is 9.59 Å². The number of anilines is 1. The molecule has 0 radical (unpaired) electrons. The third kappa shape index (κ3) is 3.77. The summed E-state index contributed by atoms with van der Waals surface area (Å²) >= 11 is 7.50. The number of halogens is 1. The lowest BCUT2D eigenvalue weighted by atomic mass is 10.1. The highest BCUT2D eigenvalue weighted by Crippen LogP contribution is 2.25. The first kappa shape index (κ1) is 17.0. The van der Waals surface area contributed by atoms with E-state index in [1.165, 1.54) is 11.3 Å². The van der Waals surface area contributed by atoms with Crippen molar-refractivity contribution in [3.63, 3.8) is 0 Å². The van der Waals surface area contributed by atoms with E-state index in [9.17, 15) is 9.59 Å². The Balaban J connectivity index is 1.78. The summed E-state index contributed by atoms with van der Waals surface area (Å²) in [6, 6.07) is 8.46. The Labute approximate surface area is 149 Å². The number of morpholine rings is 1. The van der Waals surface area contributed by atoms with Crippen molar-refractivity contribution >= 4 is 40.4 Å². The molecule has 0 spiro atoms. The molecule has 7 heteroatoms. The van der Waals surface area contributed by atoms with E-state index in [1.807, 2.05) is 12.3 Å². The zero-order valence-corrected chi connectivity index (χ0v) is 14.7. The molecule has 1 aromatic carbocycles. The number of nitrogens with zero attached hydrogens (tertiary/aromatic N) is 1. The van der Waals surface area contributed by atoms with Crippen LogP contribution < -0.4 is 5.32 Å². The molecule has 1 saturated heterocycles. The van der Waals surface area contributed by atoms with E-state index in [1.54, 1.807) is 35.2 Å². The SMILES string of the molecule is CC1CN(C(=O)c2ccc(Cl)c(NC(=O)c3cccs3)c2)CCO1. The molecule has 5 nitrogen and oxygen atoms in total. The highest BCUT2D eigenvalue weighted by atomic mass is 35.5. The molecule has 1 atom stereocenters. The first-order valence-corrected chi connectivity index (χ1v) is 8.85. The monoisotopic (exact) mass is 364 g/mol. The molecule has 2 heterocycles. The maximum atomic E-state index is 12.6. The minimum atomic E-state index is -0.239. The van der Waals surface area contributed by atoms with Crippen molar-refractivity contribution in [2.24, 2.45) is 0 Å². The largest absolute Gasteiger partial charge is 0.375 e. The third-order valence-corrected chi connectivity index (χ3v) is 4.93. The quantitative estimate of drug-likeness (QED) is 0.906. The first-order valence-electron chi connectivity index (χ1n) is 7.60. The van der Waals surface area contributed by atoms with Crippen LogP contribution in [0.2, 0.25) is 5.02 Å². The smallest absolute Gasteiger partial charge is 0.265 e. The Morgan fingerprint density at radius 3 is 2.92 bits per heavy atom. The van der Waals surface area contributed by atoms with Gasteiger partial charge in [-0.25, -0.2) is 0 Å². The molecular formula is C17H17ClN2O3S. The van der Waals surface area contributed by atoms with E-state index in [4.69, 9.17) is 16.3 Å². The van der Waals surface area contributed by atoms with Gasteiger partial charge in [0.15, 0.2) is 0 Å². The van der Waals surface area contributed by atoms with Crippen LogP contribution in [0.4, 0.5) is 5.69 Å². The van der Waals surface area contributed by atoms with Gasteiger partial charge in [-0.1, -0.05) is 17.7 Å². The number of ether oxygens (including phenoxy) is 1. The molecular weight excluding hydrogens is 348 g/mol. The molecule has 0 bridgehead atoms. The predicted molar refractivity (Wildman–Crippen MR) is 95.0 cm³/mol. The van der Waals surface area contributed by atoms with Crippen molar-refractivity contribution in [3.05, 3.63) is 51.2 Å². The van der Waals surface area contributed by atoms with Crippen LogP contribution in [0.25, 0.3) is 0 Å². The number of hydrogen-bond donors (Lipinski definition) is 1. The molecule has 24 heavy (non-hydrogen) atoms. The number of nitrogens with one attached hydrogen (secondary N) is 1. The van der Waals surface area contributed by atoms with Crippen LogP contribution in [0.5, 0.6) is 0 Å². The fraction of sp³-hybridized carbons (Fsp3) is 0.294. The summed E-state index contributed by atoms with van der Waals surface area (Å²) in [6.45, 7) is 3.58. The van der Waals surface area contributed by atoms with Crippen LogP contribution in [0.15, 0.2) is 35.7 Å². The lowest BCUT2D eigenvalue weighted by molar-refractivity contribution is -0.0124. The number of thiophene rings is 1. The van der Waals surface area contributed by atoms with Gasteiger partial charge in [-0.2, -0.15) is 0 Å². The fourth-order valence-corrected chi connectivity index (χ4v) is 3.31. The number of rotatable bonds is 3. The second kappa shape index (κ2) is 7.34. The van der Waals surface area contributed by atoms with Crippen molar-refractivity contribution in [1.29, 1.82) is 0 Å². The summed E-state index contributed by atoms with van der Waals surface area (Å²) < 4.78 is 5.46. The van der Waals surface area contributed by atoms with Crippen molar-refractivity contribution < 1.29 is 14.3 Å². The molecule has 1 aromatic heterocycles. The van der Waals surface area contributed by atoms with Crippen molar-refractivity contribution in [2.45, 2.75) is 13.0 Å². The molecule has 2 aromatic rings. The van der Waals surface area contributed by atoms with E-state index >= 15 is 0 Å². The van der Waals surface area contributed by atoms with Gasteiger partial charge < -0.3 is 15.0 Å². The second-order valence-corrected chi connectivity index (χ2v) is 6.91. The van der Waals surface area contributed by atoms with E-state index in [-0.39, 0.29) is 17.9 Å². The summed E-state index contributed by atoms with van der Waals surface area (Å²) in [7, 11) is 0. The summed E-state index contributed by atoms with van der Waals surface area (Å²) in [5.41, 5.74) is 0.928. The molecule has 1 unspecified atom stereocenters. The highest BCUT2D eigenvalue weighted by Gasteiger charge is 2.23. The van der Waals surface area contributed by atoms with Gasteiger partial charge in [0.05, 0.1) is 28.3 Å². The molecule has 1 N–H and O–H groups in total. The van der Waals surface area contributed by atoms with E-state index in [2.05, 4.69) is 5.32 Å². The zero-order chi connectivity index (χ0) is 17.1. The van der Waals surface area contributed by atoms with Gasteiger partial charge in [-0.05, 0) is 36.6 Å². The topological polar surface area (TPSA) is 58.6 Å². The van der Waals surface area contributed by atoms with Gasteiger partial charge in [0, 0.05) is 18.7 Å². The normalized spacial score (nSPS) is 17.6. The molecule has 2 amide bonds. The van der Waals surface area contributed by atoms with E-state index < -0.39 is 0 Å². The summed E-state index contributed by atoms with van der Waals surface area (Å²) in [5.74, 6) is -0.329. The number of benzene rings is 1. The Hall–Kier alpha value is -1.89. The standard InChI is InChI=1S/C17H17ClN2O3S/c1-11-10-20(6-7-23-11)17(22)12-4-5-13(18)14(9-12)19-16(21)15-3-2-8-24-15/h2-5,8-9,11H,6-7,10H2,1H3,(H,19,21). The maximum Gasteiger partial charge on any atom is 0.265 e. The van der Waals surface area contributed by atoms with Crippen LogP contribution in [0, 0.1) is 0 Å². The van der Waals surface area contributed by atoms with Crippen LogP contribution in [-0.4, -0.2) is 42.5 Å². The van der Waals surface area contributed by atoms with Crippen molar-refractivity contribution in [1.82, 2.24) is 4.90 Å². The minimum Gasteiger partial charge on any atom is -0.375 e. The minimum absolute atomic E-state index is 0.0213. The van der Waals surface area contributed by atoms with Gasteiger partial charge in [0.1, 0.15) is 0 Å². The van der Waals surface area contributed by atoms with Crippen LogP contribution >= 0.6 is 22.9 Å².